The van der Waals surface area contributed by atoms with Crippen molar-refractivity contribution in [1.82, 2.24) is 0 Å². The molecular weight excluding hydrogens is 248 g/mol. The van der Waals surface area contributed by atoms with Crippen molar-refractivity contribution in [3.8, 4) is 0 Å². The van der Waals surface area contributed by atoms with E-state index in [-0.39, 0.29) is 12.1 Å². The van der Waals surface area contributed by atoms with Crippen LogP contribution in [0.5, 0.6) is 0 Å². The SMILES string of the molecule is C=C(C(=O)OC1CCCCC1)C1C2CCCCCCC21. The first-order chi connectivity index (χ1) is 9.77. The van der Waals surface area contributed by atoms with Crippen molar-refractivity contribution in [1.29, 1.82) is 0 Å². The average molecular weight is 276 g/mol. The molecule has 2 nitrogen and oxygen atoms in total. The molecule has 3 fully saturated rings. The molecule has 3 saturated carbocycles. The fourth-order valence-corrected chi connectivity index (χ4v) is 4.41. The topological polar surface area (TPSA) is 26.3 Å². The summed E-state index contributed by atoms with van der Waals surface area (Å²) in [5.74, 6) is 1.83. The van der Waals surface area contributed by atoms with Gasteiger partial charge in [0.15, 0.2) is 0 Å². The molecule has 0 saturated heterocycles. The van der Waals surface area contributed by atoms with E-state index in [0.717, 1.165) is 30.3 Å². The number of carbonyl (C=O) groups excluding carboxylic acids is 1. The third-order valence-electron chi connectivity index (χ3n) is 5.65. The molecule has 0 heterocycles. The normalized spacial score (nSPS) is 34.5. The molecule has 0 amide bonds. The number of carbonyl (C=O) groups is 1. The van der Waals surface area contributed by atoms with Gasteiger partial charge in [-0.25, -0.2) is 4.79 Å². The Morgan fingerprint density at radius 3 is 1.90 bits per heavy atom. The molecule has 0 aliphatic heterocycles. The van der Waals surface area contributed by atoms with Crippen LogP contribution in [0.15, 0.2) is 12.2 Å². The quantitative estimate of drug-likeness (QED) is 0.554. The van der Waals surface area contributed by atoms with Crippen LogP contribution in [0.2, 0.25) is 0 Å². The minimum Gasteiger partial charge on any atom is -0.459 e. The van der Waals surface area contributed by atoms with Crippen LogP contribution in [0.4, 0.5) is 0 Å². The van der Waals surface area contributed by atoms with Crippen molar-refractivity contribution in [2.75, 3.05) is 0 Å². The van der Waals surface area contributed by atoms with Gasteiger partial charge in [0.05, 0.1) is 0 Å². The Morgan fingerprint density at radius 1 is 0.800 bits per heavy atom. The molecule has 0 aromatic carbocycles. The monoisotopic (exact) mass is 276 g/mol. The Morgan fingerprint density at radius 2 is 1.30 bits per heavy atom. The molecule has 3 aliphatic carbocycles. The third-order valence-corrected chi connectivity index (χ3v) is 5.65. The number of hydrogen-bond donors (Lipinski definition) is 0. The zero-order valence-corrected chi connectivity index (χ0v) is 12.6. The summed E-state index contributed by atoms with van der Waals surface area (Å²) >= 11 is 0. The molecule has 2 heteroatoms. The molecule has 0 aromatic rings. The molecule has 2 atom stereocenters. The molecule has 0 spiro atoms. The zero-order chi connectivity index (χ0) is 13.9. The molecule has 0 radical (unpaired) electrons. The van der Waals surface area contributed by atoms with E-state index < -0.39 is 0 Å². The predicted octanol–water partition coefficient (Wildman–Crippen LogP) is 4.63. The van der Waals surface area contributed by atoms with Crippen LogP contribution < -0.4 is 0 Å². The summed E-state index contributed by atoms with van der Waals surface area (Å²) < 4.78 is 5.68. The van der Waals surface area contributed by atoms with Crippen molar-refractivity contribution < 1.29 is 9.53 Å². The van der Waals surface area contributed by atoms with E-state index in [4.69, 9.17) is 4.74 Å². The number of fused-ring (bicyclic) bond motifs is 1. The van der Waals surface area contributed by atoms with Gasteiger partial charge in [0.2, 0.25) is 0 Å². The fraction of sp³-hybridized carbons (Fsp3) is 0.833. The number of rotatable bonds is 3. The smallest absolute Gasteiger partial charge is 0.333 e. The van der Waals surface area contributed by atoms with Crippen molar-refractivity contribution in [3.63, 3.8) is 0 Å². The lowest BCUT2D eigenvalue weighted by atomic mass is 9.97. The molecule has 0 bridgehead atoms. The molecule has 2 unspecified atom stereocenters. The largest absolute Gasteiger partial charge is 0.459 e. The molecular formula is C18H28O2. The van der Waals surface area contributed by atoms with Gasteiger partial charge in [0.1, 0.15) is 6.10 Å². The lowest BCUT2D eigenvalue weighted by Gasteiger charge is -2.22. The molecule has 3 rings (SSSR count). The van der Waals surface area contributed by atoms with Crippen LogP contribution in [-0.2, 0) is 9.53 Å². The fourth-order valence-electron chi connectivity index (χ4n) is 4.41. The lowest BCUT2D eigenvalue weighted by Crippen LogP contribution is -2.22. The highest BCUT2D eigenvalue weighted by Crippen LogP contribution is 2.56. The second-order valence-corrected chi connectivity index (χ2v) is 7.04. The third kappa shape index (κ3) is 3.10. The maximum atomic E-state index is 12.3. The highest BCUT2D eigenvalue weighted by atomic mass is 16.5. The van der Waals surface area contributed by atoms with Gasteiger partial charge in [0, 0.05) is 5.57 Å². The van der Waals surface area contributed by atoms with E-state index in [0.29, 0.717) is 5.92 Å². The zero-order valence-electron chi connectivity index (χ0n) is 12.6. The van der Waals surface area contributed by atoms with Gasteiger partial charge in [-0.15, -0.1) is 0 Å². The van der Waals surface area contributed by atoms with Gasteiger partial charge >= 0.3 is 5.97 Å². The first-order valence-electron chi connectivity index (χ1n) is 8.67. The Bertz CT molecular complexity index is 354. The van der Waals surface area contributed by atoms with Crippen LogP contribution in [-0.4, -0.2) is 12.1 Å². The minimum atomic E-state index is -0.0892. The first kappa shape index (κ1) is 14.2. The molecule has 112 valence electrons. The van der Waals surface area contributed by atoms with Crippen LogP contribution in [0, 0.1) is 17.8 Å². The number of esters is 1. The lowest BCUT2D eigenvalue weighted by molar-refractivity contribution is -0.146. The highest BCUT2D eigenvalue weighted by Gasteiger charge is 2.52. The summed E-state index contributed by atoms with van der Waals surface area (Å²) in [5.41, 5.74) is 0.785. The van der Waals surface area contributed by atoms with Gasteiger partial charge in [-0.05, 0) is 56.3 Å². The van der Waals surface area contributed by atoms with Gasteiger partial charge in [-0.2, -0.15) is 0 Å². The van der Waals surface area contributed by atoms with E-state index >= 15 is 0 Å². The van der Waals surface area contributed by atoms with E-state index in [9.17, 15) is 4.79 Å². The standard InChI is InChI=1S/C18H28O2/c1-13(18(19)20-14-9-5-4-6-10-14)17-15-11-7-2-3-8-12-16(15)17/h14-17H,1-12H2. The van der Waals surface area contributed by atoms with Gasteiger partial charge < -0.3 is 4.74 Å². The Labute approximate surface area is 123 Å². The van der Waals surface area contributed by atoms with Crippen LogP contribution >= 0.6 is 0 Å². The van der Waals surface area contributed by atoms with E-state index in [1.54, 1.807) is 0 Å². The maximum absolute atomic E-state index is 12.3. The molecule has 0 aromatic heterocycles. The first-order valence-corrected chi connectivity index (χ1v) is 8.67. The van der Waals surface area contributed by atoms with Crippen LogP contribution in [0.1, 0.15) is 70.6 Å². The van der Waals surface area contributed by atoms with E-state index in [1.807, 2.05) is 0 Å². The Hall–Kier alpha value is -0.790. The van der Waals surface area contributed by atoms with Crippen LogP contribution in [0.25, 0.3) is 0 Å². The second-order valence-electron chi connectivity index (χ2n) is 7.04. The van der Waals surface area contributed by atoms with Crippen molar-refractivity contribution in [2.45, 2.75) is 76.7 Å². The minimum absolute atomic E-state index is 0.0892. The number of hydrogen-bond acceptors (Lipinski definition) is 2. The highest BCUT2D eigenvalue weighted by molar-refractivity contribution is 5.89. The van der Waals surface area contributed by atoms with Crippen molar-refractivity contribution in [2.24, 2.45) is 17.8 Å². The summed E-state index contributed by atoms with van der Waals surface area (Å²) in [4.78, 5) is 12.3. The van der Waals surface area contributed by atoms with Crippen LogP contribution in [0.3, 0.4) is 0 Å². The molecule has 3 aliphatic rings. The molecule has 20 heavy (non-hydrogen) atoms. The van der Waals surface area contributed by atoms with Crippen molar-refractivity contribution >= 4 is 5.97 Å². The average Bonchev–Trinajstić information content (AvgIpc) is 3.10. The maximum Gasteiger partial charge on any atom is 0.333 e. The predicted molar refractivity (Wildman–Crippen MR) is 80.3 cm³/mol. The second kappa shape index (κ2) is 6.32. The van der Waals surface area contributed by atoms with Gasteiger partial charge in [-0.3, -0.25) is 0 Å². The number of ether oxygens (including phenoxy) is 1. The summed E-state index contributed by atoms with van der Waals surface area (Å²) in [6.45, 7) is 4.09. The Balaban J connectivity index is 1.51. The molecule has 0 N–H and O–H groups in total. The van der Waals surface area contributed by atoms with E-state index in [2.05, 4.69) is 6.58 Å². The van der Waals surface area contributed by atoms with Crippen molar-refractivity contribution in [3.05, 3.63) is 12.2 Å². The Kier molecular flexibility index (Phi) is 4.48. The summed E-state index contributed by atoms with van der Waals surface area (Å²) in [6, 6.07) is 0. The summed E-state index contributed by atoms with van der Waals surface area (Å²) in [7, 11) is 0. The van der Waals surface area contributed by atoms with Gasteiger partial charge in [-0.1, -0.05) is 38.7 Å². The summed E-state index contributed by atoms with van der Waals surface area (Å²) in [5, 5.41) is 0. The summed E-state index contributed by atoms with van der Waals surface area (Å²) in [6.07, 6.45) is 14.0. The van der Waals surface area contributed by atoms with Gasteiger partial charge in [0.25, 0.3) is 0 Å². The van der Waals surface area contributed by atoms with E-state index in [1.165, 1.54) is 57.8 Å².